The second kappa shape index (κ2) is 7.28. The number of hydrogen-bond acceptors (Lipinski definition) is 4. The minimum atomic E-state index is -0.289. The Hall–Kier alpha value is -2.56. The van der Waals surface area contributed by atoms with Crippen LogP contribution in [0.1, 0.15) is 18.1 Å². The van der Waals surface area contributed by atoms with E-state index < -0.39 is 0 Å². The molecule has 0 saturated carbocycles. The zero-order valence-corrected chi connectivity index (χ0v) is 11.8. The second-order valence-corrected chi connectivity index (χ2v) is 4.30. The van der Waals surface area contributed by atoms with E-state index in [1.807, 2.05) is 6.92 Å². The molecule has 2 rings (SSSR count). The lowest BCUT2D eigenvalue weighted by Crippen LogP contribution is -2.02. The normalized spacial score (nSPS) is 10.8. The Bertz CT molecular complexity index is 629. The molecule has 4 nitrogen and oxygen atoms in total. The summed E-state index contributed by atoms with van der Waals surface area (Å²) in [5.41, 5.74) is 1.30. The van der Waals surface area contributed by atoms with Crippen molar-refractivity contribution in [3.8, 4) is 11.5 Å². The molecule has 0 spiro atoms. The molecule has 0 bridgehead atoms. The molecule has 0 atom stereocenters. The number of hydrogen-bond donors (Lipinski definition) is 1. The van der Waals surface area contributed by atoms with E-state index in [-0.39, 0.29) is 12.4 Å². The fraction of sp³-hybridized carbons (Fsp3) is 0.188. The summed E-state index contributed by atoms with van der Waals surface area (Å²) in [5, 5.41) is 3.47. The van der Waals surface area contributed by atoms with E-state index in [1.54, 1.807) is 36.4 Å². The van der Waals surface area contributed by atoms with Crippen molar-refractivity contribution >= 4 is 6.21 Å². The summed E-state index contributed by atoms with van der Waals surface area (Å²) in [5.74, 6) is 5.97. The Kier molecular flexibility index (Phi) is 5.15. The lowest BCUT2D eigenvalue weighted by atomic mass is 10.2. The molecule has 0 amide bonds. The SMILES string of the molecule is CCOc1cc(C=NN)ccc1OCc1ccccc1F. The molecule has 5 heteroatoms. The van der Waals surface area contributed by atoms with Gasteiger partial charge in [0.25, 0.3) is 0 Å². The zero-order valence-electron chi connectivity index (χ0n) is 11.8. The molecule has 0 radical (unpaired) electrons. The van der Waals surface area contributed by atoms with Crippen molar-refractivity contribution in [1.82, 2.24) is 0 Å². The fourth-order valence-electron chi connectivity index (χ4n) is 1.85. The first-order valence-electron chi connectivity index (χ1n) is 6.61. The summed E-state index contributed by atoms with van der Waals surface area (Å²) in [6, 6.07) is 11.8. The Labute approximate surface area is 123 Å². The van der Waals surface area contributed by atoms with Gasteiger partial charge in [-0.15, -0.1) is 0 Å². The molecular weight excluding hydrogens is 271 g/mol. The molecule has 0 aliphatic rings. The van der Waals surface area contributed by atoms with E-state index >= 15 is 0 Å². The topological polar surface area (TPSA) is 56.8 Å². The maximum atomic E-state index is 13.6. The highest BCUT2D eigenvalue weighted by molar-refractivity contribution is 5.80. The summed E-state index contributed by atoms with van der Waals surface area (Å²) in [6.45, 7) is 2.51. The van der Waals surface area contributed by atoms with Crippen LogP contribution in [0, 0.1) is 5.82 Å². The zero-order chi connectivity index (χ0) is 15.1. The van der Waals surface area contributed by atoms with Crippen molar-refractivity contribution in [2.75, 3.05) is 6.61 Å². The molecule has 0 unspecified atom stereocenters. The van der Waals surface area contributed by atoms with Gasteiger partial charge in [0.2, 0.25) is 0 Å². The van der Waals surface area contributed by atoms with Crippen LogP contribution in [0.5, 0.6) is 11.5 Å². The van der Waals surface area contributed by atoms with E-state index in [9.17, 15) is 4.39 Å². The number of benzene rings is 2. The third-order valence-electron chi connectivity index (χ3n) is 2.83. The molecule has 0 heterocycles. The number of ether oxygens (including phenoxy) is 2. The van der Waals surface area contributed by atoms with Crippen LogP contribution >= 0.6 is 0 Å². The van der Waals surface area contributed by atoms with Gasteiger partial charge in [-0.25, -0.2) is 4.39 Å². The van der Waals surface area contributed by atoms with Crippen molar-refractivity contribution in [3.63, 3.8) is 0 Å². The van der Waals surface area contributed by atoms with Gasteiger partial charge in [-0.2, -0.15) is 5.10 Å². The van der Waals surface area contributed by atoms with E-state index in [4.69, 9.17) is 15.3 Å². The number of hydrazone groups is 1. The van der Waals surface area contributed by atoms with Gasteiger partial charge in [0, 0.05) is 5.56 Å². The Morgan fingerprint density at radius 3 is 2.67 bits per heavy atom. The molecule has 0 fully saturated rings. The highest BCUT2D eigenvalue weighted by Crippen LogP contribution is 2.29. The molecule has 2 N–H and O–H groups in total. The fourth-order valence-corrected chi connectivity index (χ4v) is 1.85. The van der Waals surface area contributed by atoms with Crippen LogP contribution in [0.4, 0.5) is 4.39 Å². The van der Waals surface area contributed by atoms with Gasteiger partial charge in [0.15, 0.2) is 11.5 Å². The van der Waals surface area contributed by atoms with Gasteiger partial charge >= 0.3 is 0 Å². The van der Waals surface area contributed by atoms with Crippen LogP contribution in [0.15, 0.2) is 47.6 Å². The Morgan fingerprint density at radius 2 is 1.95 bits per heavy atom. The molecule has 110 valence electrons. The van der Waals surface area contributed by atoms with Gasteiger partial charge in [-0.1, -0.05) is 18.2 Å². The van der Waals surface area contributed by atoms with E-state index in [2.05, 4.69) is 5.10 Å². The van der Waals surface area contributed by atoms with Gasteiger partial charge in [-0.3, -0.25) is 0 Å². The largest absolute Gasteiger partial charge is 0.490 e. The highest BCUT2D eigenvalue weighted by atomic mass is 19.1. The minimum Gasteiger partial charge on any atom is -0.490 e. The van der Waals surface area contributed by atoms with Crippen molar-refractivity contribution in [2.24, 2.45) is 10.9 Å². The van der Waals surface area contributed by atoms with E-state index in [0.29, 0.717) is 23.7 Å². The molecule has 0 aromatic heterocycles. The Morgan fingerprint density at radius 1 is 1.14 bits per heavy atom. The van der Waals surface area contributed by atoms with Crippen LogP contribution < -0.4 is 15.3 Å². The van der Waals surface area contributed by atoms with Crippen molar-refractivity contribution in [3.05, 3.63) is 59.4 Å². The maximum Gasteiger partial charge on any atom is 0.161 e. The average molecular weight is 288 g/mol. The maximum absolute atomic E-state index is 13.6. The minimum absolute atomic E-state index is 0.136. The first kappa shape index (κ1) is 14.8. The second-order valence-electron chi connectivity index (χ2n) is 4.30. The molecule has 0 aliphatic carbocycles. The standard InChI is InChI=1S/C16H17FN2O2/c1-2-20-16-9-12(10-19-18)7-8-15(16)21-11-13-5-3-4-6-14(13)17/h3-10H,2,11,18H2,1H3. The third kappa shape index (κ3) is 3.95. The molecule has 0 saturated heterocycles. The summed E-state index contributed by atoms with van der Waals surface area (Å²) in [4.78, 5) is 0. The summed E-state index contributed by atoms with van der Waals surface area (Å²) in [6.07, 6.45) is 1.52. The van der Waals surface area contributed by atoms with E-state index in [1.165, 1.54) is 12.3 Å². The third-order valence-corrected chi connectivity index (χ3v) is 2.83. The summed E-state index contributed by atoms with van der Waals surface area (Å²) in [7, 11) is 0. The highest BCUT2D eigenvalue weighted by Gasteiger charge is 2.08. The molecule has 0 aliphatic heterocycles. The quantitative estimate of drug-likeness (QED) is 0.505. The van der Waals surface area contributed by atoms with Crippen LogP contribution in [-0.2, 0) is 6.61 Å². The van der Waals surface area contributed by atoms with Gasteiger partial charge in [0.1, 0.15) is 12.4 Å². The lowest BCUT2D eigenvalue weighted by molar-refractivity contribution is 0.266. The van der Waals surface area contributed by atoms with Gasteiger partial charge in [-0.05, 0) is 36.8 Å². The predicted molar refractivity (Wildman–Crippen MR) is 80.1 cm³/mol. The van der Waals surface area contributed by atoms with Crippen LogP contribution in [-0.4, -0.2) is 12.8 Å². The summed E-state index contributed by atoms with van der Waals surface area (Å²) < 4.78 is 24.7. The van der Waals surface area contributed by atoms with Crippen molar-refractivity contribution in [2.45, 2.75) is 13.5 Å². The molecular formula is C16H17FN2O2. The van der Waals surface area contributed by atoms with Crippen molar-refractivity contribution < 1.29 is 13.9 Å². The predicted octanol–water partition coefficient (Wildman–Crippen LogP) is 3.10. The number of rotatable bonds is 6. The van der Waals surface area contributed by atoms with Crippen LogP contribution in [0.2, 0.25) is 0 Å². The van der Waals surface area contributed by atoms with Crippen LogP contribution in [0.3, 0.4) is 0 Å². The smallest absolute Gasteiger partial charge is 0.161 e. The van der Waals surface area contributed by atoms with Crippen LogP contribution in [0.25, 0.3) is 0 Å². The number of nitrogens with zero attached hydrogens (tertiary/aromatic N) is 1. The van der Waals surface area contributed by atoms with Gasteiger partial charge in [0.05, 0.1) is 12.8 Å². The van der Waals surface area contributed by atoms with E-state index in [0.717, 1.165) is 5.56 Å². The lowest BCUT2D eigenvalue weighted by Gasteiger charge is -2.13. The number of halogens is 1. The average Bonchev–Trinajstić information content (AvgIpc) is 2.49. The first-order valence-corrected chi connectivity index (χ1v) is 6.61. The van der Waals surface area contributed by atoms with Crippen molar-refractivity contribution in [1.29, 1.82) is 0 Å². The molecule has 21 heavy (non-hydrogen) atoms. The Balaban J connectivity index is 2.17. The molecule has 2 aromatic rings. The first-order chi connectivity index (χ1) is 10.2. The molecule has 2 aromatic carbocycles. The number of nitrogens with two attached hydrogens (primary N) is 1. The monoisotopic (exact) mass is 288 g/mol. The van der Waals surface area contributed by atoms with Gasteiger partial charge < -0.3 is 15.3 Å². The summed E-state index contributed by atoms with van der Waals surface area (Å²) >= 11 is 0.